The van der Waals surface area contributed by atoms with Gasteiger partial charge in [-0.25, -0.2) is 9.59 Å². The van der Waals surface area contributed by atoms with Crippen LogP contribution in [0.3, 0.4) is 0 Å². The maximum absolute atomic E-state index is 12.8. The molecule has 180 valence electrons. The summed E-state index contributed by atoms with van der Waals surface area (Å²) in [7, 11) is 0. The molecule has 3 aromatic carbocycles. The molecule has 0 radical (unpaired) electrons. The summed E-state index contributed by atoms with van der Waals surface area (Å²) < 4.78 is 10.8. The van der Waals surface area contributed by atoms with Gasteiger partial charge in [0.15, 0.2) is 6.61 Å². The zero-order chi connectivity index (χ0) is 24.8. The molecule has 1 atom stereocenters. The number of aliphatic carboxylic acids is 1. The van der Waals surface area contributed by atoms with Gasteiger partial charge < -0.3 is 25.2 Å². The van der Waals surface area contributed by atoms with Gasteiger partial charge in [0.1, 0.15) is 18.4 Å². The number of amides is 2. The van der Waals surface area contributed by atoms with Gasteiger partial charge in [-0.2, -0.15) is 0 Å². The predicted molar refractivity (Wildman–Crippen MR) is 130 cm³/mol. The second-order valence-electron chi connectivity index (χ2n) is 8.10. The third-order valence-corrected chi connectivity index (χ3v) is 5.86. The van der Waals surface area contributed by atoms with Gasteiger partial charge in [0.25, 0.3) is 0 Å². The van der Waals surface area contributed by atoms with Crippen molar-refractivity contribution in [3.05, 3.63) is 83.9 Å². The lowest BCUT2D eigenvalue weighted by molar-refractivity contribution is -0.139. The summed E-state index contributed by atoms with van der Waals surface area (Å²) in [6, 6.07) is 21.7. The minimum absolute atomic E-state index is 0.0830. The lowest BCUT2D eigenvalue weighted by Crippen LogP contribution is -2.43. The quantitative estimate of drug-likeness (QED) is 0.423. The number of benzene rings is 3. The Hall–Kier alpha value is -4.33. The average molecular weight is 475 g/mol. The topological polar surface area (TPSA) is 114 Å². The summed E-state index contributed by atoms with van der Waals surface area (Å²) in [4.78, 5) is 36.2. The highest BCUT2D eigenvalue weighted by atomic mass is 16.5. The van der Waals surface area contributed by atoms with Crippen molar-refractivity contribution in [1.82, 2.24) is 5.32 Å². The van der Waals surface area contributed by atoms with Gasteiger partial charge in [0, 0.05) is 5.92 Å². The number of fused-ring (bicyclic) bond motifs is 3. The van der Waals surface area contributed by atoms with Crippen molar-refractivity contribution < 1.29 is 29.0 Å². The number of para-hydroxylation sites is 2. The number of carboxylic acid groups (broad SMARTS) is 1. The van der Waals surface area contributed by atoms with Crippen LogP contribution in [0.4, 0.5) is 10.5 Å². The van der Waals surface area contributed by atoms with E-state index >= 15 is 0 Å². The molecule has 4 rings (SSSR count). The molecule has 35 heavy (non-hydrogen) atoms. The number of carboxylic acids is 1. The van der Waals surface area contributed by atoms with Gasteiger partial charge in [-0.1, -0.05) is 67.6 Å². The number of ether oxygens (including phenoxy) is 2. The number of carbonyl (C=O) groups is 3. The largest absolute Gasteiger partial charge is 0.480 e. The molecule has 0 spiro atoms. The van der Waals surface area contributed by atoms with E-state index in [1.807, 2.05) is 36.4 Å². The Morgan fingerprint density at radius 2 is 1.51 bits per heavy atom. The standard InChI is InChI=1S/C27H26N2O6/c1-2-22(26(32)28-23-13-7-8-14-24(23)34-16-25(30)31)29-27(33)35-15-21-19-11-5-3-9-17(19)18-10-4-6-12-20(18)21/h3-14,21-22H,2,15-16H2,1H3,(H,28,32)(H,29,33)(H,30,31). The first-order chi connectivity index (χ1) is 17.0. The van der Waals surface area contributed by atoms with Crippen LogP contribution in [0, 0.1) is 0 Å². The van der Waals surface area contributed by atoms with Crippen LogP contribution in [0.2, 0.25) is 0 Å². The number of carbonyl (C=O) groups excluding carboxylic acids is 2. The van der Waals surface area contributed by atoms with E-state index in [-0.39, 0.29) is 18.3 Å². The maximum atomic E-state index is 12.8. The van der Waals surface area contributed by atoms with E-state index in [1.165, 1.54) is 0 Å². The Labute approximate surface area is 202 Å². The number of rotatable bonds is 9. The van der Waals surface area contributed by atoms with Crippen molar-refractivity contribution in [3.8, 4) is 16.9 Å². The molecule has 0 bridgehead atoms. The number of anilines is 1. The molecule has 8 nitrogen and oxygen atoms in total. The Kier molecular flexibility index (Phi) is 7.30. The molecule has 0 aromatic heterocycles. The summed E-state index contributed by atoms with van der Waals surface area (Å²) in [5.41, 5.74) is 4.78. The van der Waals surface area contributed by atoms with Gasteiger partial charge >= 0.3 is 12.1 Å². The van der Waals surface area contributed by atoms with Crippen molar-refractivity contribution in [2.24, 2.45) is 0 Å². The molecule has 0 fully saturated rings. The highest BCUT2D eigenvalue weighted by Gasteiger charge is 2.29. The molecule has 0 saturated carbocycles. The first kappa shape index (κ1) is 23.8. The summed E-state index contributed by atoms with van der Waals surface area (Å²) >= 11 is 0. The highest BCUT2D eigenvalue weighted by molar-refractivity contribution is 5.97. The second-order valence-corrected chi connectivity index (χ2v) is 8.10. The van der Waals surface area contributed by atoms with Crippen molar-refractivity contribution >= 4 is 23.7 Å². The fraction of sp³-hybridized carbons (Fsp3) is 0.222. The van der Waals surface area contributed by atoms with Crippen molar-refractivity contribution in [2.75, 3.05) is 18.5 Å². The Morgan fingerprint density at radius 3 is 2.14 bits per heavy atom. The minimum atomic E-state index is -1.13. The molecular formula is C27H26N2O6. The fourth-order valence-electron chi connectivity index (χ4n) is 4.19. The Morgan fingerprint density at radius 1 is 0.914 bits per heavy atom. The molecule has 0 heterocycles. The second kappa shape index (κ2) is 10.7. The smallest absolute Gasteiger partial charge is 0.407 e. The SMILES string of the molecule is CCC(NC(=O)OCC1c2ccccc2-c2ccccc21)C(=O)Nc1ccccc1OCC(=O)O. The van der Waals surface area contributed by atoms with Crippen LogP contribution in [-0.4, -0.2) is 42.3 Å². The van der Waals surface area contributed by atoms with Crippen LogP contribution in [0.15, 0.2) is 72.8 Å². The molecule has 0 saturated heterocycles. The minimum Gasteiger partial charge on any atom is -0.480 e. The summed E-state index contributed by atoms with van der Waals surface area (Å²) in [6.07, 6.45) is -0.363. The lowest BCUT2D eigenvalue weighted by Gasteiger charge is -2.19. The molecule has 1 aliphatic carbocycles. The van der Waals surface area contributed by atoms with Crippen molar-refractivity contribution in [2.45, 2.75) is 25.3 Å². The van der Waals surface area contributed by atoms with Gasteiger partial charge in [-0.05, 0) is 40.8 Å². The van der Waals surface area contributed by atoms with Gasteiger partial charge in [0.2, 0.25) is 5.91 Å². The lowest BCUT2D eigenvalue weighted by atomic mass is 9.98. The Bertz CT molecular complexity index is 1200. The van der Waals surface area contributed by atoms with E-state index in [2.05, 4.69) is 22.8 Å². The van der Waals surface area contributed by atoms with Crippen LogP contribution < -0.4 is 15.4 Å². The first-order valence-electron chi connectivity index (χ1n) is 11.3. The third kappa shape index (κ3) is 5.43. The number of nitrogens with one attached hydrogen (secondary N) is 2. The fourth-order valence-corrected chi connectivity index (χ4v) is 4.19. The van der Waals surface area contributed by atoms with Crippen LogP contribution in [0.5, 0.6) is 5.75 Å². The molecule has 2 amide bonds. The molecule has 1 aliphatic rings. The first-order valence-corrected chi connectivity index (χ1v) is 11.3. The third-order valence-electron chi connectivity index (χ3n) is 5.86. The van der Waals surface area contributed by atoms with Crippen molar-refractivity contribution in [3.63, 3.8) is 0 Å². The summed E-state index contributed by atoms with van der Waals surface area (Å²) in [6.45, 7) is 1.37. The summed E-state index contributed by atoms with van der Waals surface area (Å²) in [5.74, 6) is -1.46. The van der Waals surface area contributed by atoms with Gasteiger partial charge in [0.05, 0.1) is 5.69 Å². The zero-order valence-corrected chi connectivity index (χ0v) is 19.2. The van der Waals surface area contributed by atoms with E-state index in [0.29, 0.717) is 12.1 Å². The van der Waals surface area contributed by atoms with E-state index < -0.39 is 30.6 Å². The monoisotopic (exact) mass is 474 g/mol. The Balaban J connectivity index is 1.38. The van der Waals surface area contributed by atoms with Gasteiger partial charge in [-0.3, -0.25) is 4.79 Å². The summed E-state index contributed by atoms with van der Waals surface area (Å²) in [5, 5.41) is 14.1. The number of hydrogen-bond acceptors (Lipinski definition) is 5. The van der Waals surface area contributed by atoms with Crippen LogP contribution in [0.25, 0.3) is 11.1 Å². The maximum Gasteiger partial charge on any atom is 0.407 e. The van der Waals surface area contributed by atoms with E-state index in [1.54, 1.807) is 31.2 Å². The number of alkyl carbamates (subject to hydrolysis) is 1. The zero-order valence-electron chi connectivity index (χ0n) is 19.2. The van der Waals surface area contributed by atoms with E-state index in [9.17, 15) is 14.4 Å². The van der Waals surface area contributed by atoms with Crippen LogP contribution >= 0.6 is 0 Å². The van der Waals surface area contributed by atoms with E-state index in [4.69, 9.17) is 14.6 Å². The predicted octanol–water partition coefficient (Wildman–Crippen LogP) is 4.41. The van der Waals surface area contributed by atoms with Crippen LogP contribution in [-0.2, 0) is 14.3 Å². The van der Waals surface area contributed by atoms with Crippen molar-refractivity contribution in [1.29, 1.82) is 0 Å². The molecule has 3 aromatic rings. The van der Waals surface area contributed by atoms with Crippen LogP contribution in [0.1, 0.15) is 30.4 Å². The van der Waals surface area contributed by atoms with Gasteiger partial charge in [-0.15, -0.1) is 0 Å². The molecule has 1 unspecified atom stereocenters. The number of hydrogen-bond donors (Lipinski definition) is 3. The average Bonchev–Trinajstić information content (AvgIpc) is 3.19. The molecule has 8 heteroatoms. The van der Waals surface area contributed by atoms with E-state index in [0.717, 1.165) is 22.3 Å². The normalized spacial score (nSPS) is 12.7. The highest BCUT2D eigenvalue weighted by Crippen LogP contribution is 2.44. The molecular weight excluding hydrogens is 448 g/mol. The molecule has 3 N–H and O–H groups in total. The molecule has 0 aliphatic heterocycles.